The summed E-state index contributed by atoms with van der Waals surface area (Å²) in [6, 6.07) is 0. The van der Waals surface area contributed by atoms with Crippen LogP contribution in [0.5, 0.6) is 0 Å². The first-order chi connectivity index (χ1) is 4.83. The van der Waals surface area contributed by atoms with Crippen LogP contribution in [0, 0.1) is 0 Å². The van der Waals surface area contributed by atoms with Crippen molar-refractivity contribution >= 4 is 49.6 Å². The summed E-state index contributed by atoms with van der Waals surface area (Å²) in [5, 5.41) is 8.16. The van der Waals surface area contributed by atoms with Gasteiger partial charge in [-0.2, -0.15) is 0 Å². The van der Waals surface area contributed by atoms with E-state index in [9.17, 15) is 9.59 Å². The van der Waals surface area contributed by atoms with Crippen molar-refractivity contribution in [3.05, 3.63) is 0 Å². The summed E-state index contributed by atoms with van der Waals surface area (Å²) in [5.74, 6) is -2.31. The molecule has 0 aromatic carbocycles. The number of carboxylic acids is 1. The second kappa shape index (κ2) is 5.88. The van der Waals surface area contributed by atoms with Gasteiger partial charge in [0.2, 0.25) is 0 Å². The molecule has 0 aromatic heterocycles. The molecule has 1 N–H and O–H groups in total. The van der Waals surface area contributed by atoms with Gasteiger partial charge in [0.25, 0.3) is 5.78 Å². The van der Waals surface area contributed by atoms with Gasteiger partial charge in [-0.1, -0.05) is 0 Å². The Balaban J connectivity index is 0. The Labute approximate surface area is 94.7 Å². The van der Waals surface area contributed by atoms with Crippen molar-refractivity contribution in [1.29, 1.82) is 0 Å². The minimum absolute atomic E-state index is 0. The molecule has 0 saturated carbocycles. The van der Waals surface area contributed by atoms with Gasteiger partial charge >= 0.3 is 35.5 Å². The molecule has 0 heterocycles. The molecule has 0 radical (unpaired) electrons. The molecule has 12 heavy (non-hydrogen) atoms. The molecule has 0 amide bonds. The normalized spacial score (nSPS) is 10.2. The molecule has 0 saturated heterocycles. The molecular weight excluding hydrogens is 187 g/mol. The molecule has 0 aliphatic heterocycles. The second-order valence-corrected chi connectivity index (χ2v) is 7.64. The van der Waals surface area contributed by atoms with Gasteiger partial charge in [-0.25, -0.2) is 4.79 Å². The first-order valence-corrected chi connectivity index (χ1v) is 6.64. The van der Waals surface area contributed by atoms with Crippen LogP contribution in [-0.2, 0) is 14.0 Å². The summed E-state index contributed by atoms with van der Waals surface area (Å²) < 4.78 is 5.06. The zero-order valence-electron chi connectivity index (χ0n) is 6.88. The summed E-state index contributed by atoms with van der Waals surface area (Å²) in [6.07, 6.45) is 0. The molecule has 0 spiro atoms. The first-order valence-electron chi connectivity index (χ1n) is 3.23. The fourth-order valence-corrected chi connectivity index (χ4v) is 0.908. The van der Waals surface area contributed by atoms with E-state index in [-0.39, 0.29) is 36.2 Å². The van der Waals surface area contributed by atoms with Crippen LogP contribution >= 0.6 is 0 Å². The number of aliphatic carboxylic acids is 1. The first kappa shape index (κ1) is 14.8. The third-order valence-corrected chi connectivity index (χ3v) is 1.89. The Bertz CT molecular complexity index is 175. The zero-order valence-corrected chi connectivity index (χ0v) is 7.88. The average Bonchev–Trinajstić information content (AvgIpc) is 1.80. The molecular formula is C6H13NaO4Si. The van der Waals surface area contributed by atoms with Gasteiger partial charge in [0.15, 0.2) is 8.32 Å². The van der Waals surface area contributed by atoms with E-state index in [1.54, 1.807) is 0 Å². The molecule has 0 rings (SSSR count). The topological polar surface area (TPSA) is 63.6 Å². The number of carbonyl (C=O) groups excluding carboxylic acids is 1. The van der Waals surface area contributed by atoms with Crippen molar-refractivity contribution in [3.8, 4) is 0 Å². The Morgan fingerprint density at radius 1 is 1.33 bits per heavy atom. The molecule has 0 aliphatic rings. The second-order valence-electron chi connectivity index (χ2n) is 3.13. The van der Waals surface area contributed by atoms with Crippen LogP contribution in [0.25, 0.3) is 0 Å². The Kier molecular flexibility index (Phi) is 7.26. The van der Waals surface area contributed by atoms with E-state index in [0.29, 0.717) is 0 Å². The summed E-state index contributed by atoms with van der Waals surface area (Å²) in [5.41, 5.74) is 0. The monoisotopic (exact) mass is 200 g/mol. The van der Waals surface area contributed by atoms with Crippen molar-refractivity contribution in [2.24, 2.45) is 0 Å². The number of hydrogen-bond acceptors (Lipinski definition) is 3. The van der Waals surface area contributed by atoms with E-state index in [0.717, 1.165) is 0 Å². The summed E-state index contributed by atoms with van der Waals surface area (Å²) in [4.78, 5) is 20.5. The summed E-state index contributed by atoms with van der Waals surface area (Å²) >= 11 is 0. The van der Waals surface area contributed by atoms with Crippen molar-refractivity contribution in [3.63, 3.8) is 0 Å². The van der Waals surface area contributed by atoms with E-state index in [1.165, 1.54) is 0 Å². The summed E-state index contributed by atoms with van der Waals surface area (Å²) in [6.45, 7) is 5.37. The predicted octanol–water partition coefficient (Wildman–Crippen LogP) is -0.157. The van der Waals surface area contributed by atoms with Crippen LogP contribution in [0.15, 0.2) is 0 Å². The number of Topliss-reactive ketones (excluding diaryl/α,β-unsaturated/α-hetero) is 1. The molecule has 0 atom stereocenters. The SMILES string of the molecule is C[Si](C)(C)OCC(=O)C(=O)O.[NaH]. The van der Waals surface area contributed by atoms with Crippen LogP contribution in [0.1, 0.15) is 0 Å². The maximum atomic E-state index is 10.5. The quantitative estimate of drug-likeness (QED) is 0.506. The third kappa shape index (κ3) is 8.41. The van der Waals surface area contributed by atoms with Gasteiger partial charge in [0, 0.05) is 0 Å². The van der Waals surface area contributed by atoms with Gasteiger partial charge in [0.05, 0.1) is 0 Å². The van der Waals surface area contributed by atoms with E-state index in [1.807, 2.05) is 19.6 Å². The van der Waals surface area contributed by atoms with Crippen LogP contribution in [0.2, 0.25) is 19.6 Å². The summed E-state index contributed by atoms with van der Waals surface area (Å²) in [7, 11) is -1.75. The van der Waals surface area contributed by atoms with Crippen molar-refractivity contribution < 1.29 is 19.1 Å². The van der Waals surface area contributed by atoms with Crippen LogP contribution < -0.4 is 0 Å². The van der Waals surface area contributed by atoms with E-state index >= 15 is 0 Å². The molecule has 0 fully saturated rings. The molecule has 0 aliphatic carbocycles. The Morgan fingerprint density at radius 3 is 2.00 bits per heavy atom. The molecule has 66 valence electrons. The van der Waals surface area contributed by atoms with Crippen LogP contribution in [0.4, 0.5) is 0 Å². The maximum absolute atomic E-state index is 10.5. The van der Waals surface area contributed by atoms with Crippen LogP contribution in [-0.4, -0.2) is 61.3 Å². The van der Waals surface area contributed by atoms with Gasteiger partial charge in [-0.15, -0.1) is 0 Å². The number of ketones is 1. The predicted molar refractivity (Wildman–Crippen MR) is 49.1 cm³/mol. The third-order valence-electron chi connectivity index (χ3n) is 0.875. The molecule has 0 aromatic rings. The Hall–Kier alpha value is 0.317. The molecule has 6 heteroatoms. The zero-order chi connectivity index (χ0) is 9.07. The number of hydrogen-bond donors (Lipinski definition) is 1. The molecule has 0 bridgehead atoms. The van der Waals surface area contributed by atoms with Crippen molar-refractivity contribution in [2.45, 2.75) is 19.6 Å². The Morgan fingerprint density at radius 2 is 1.75 bits per heavy atom. The van der Waals surface area contributed by atoms with E-state index in [4.69, 9.17) is 9.53 Å². The minimum atomic E-state index is -1.75. The fourth-order valence-electron chi connectivity index (χ4n) is 0.344. The van der Waals surface area contributed by atoms with E-state index in [2.05, 4.69) is 0 Å². The van der Waals surface area contributed by atoms with Crippen LogP contribution in [0.3, 0.4) is 0 Å². The van der Waals surface area contributed by atoms with E-state index < -0.39 is 20.1 Å². The van der Waals surface area contributed by atoms with Crippen molar-refractivity contribution in [2.75, 3.05) is 6.61 Å². The van der Waals surface area contributed by atoms with Gasteiger partial charge < -0.3 is 9.53 Å². The van der Waals surface area contributed by atoms with Gasteiger partial charge in [-0.3, -0.25) is 4.79 Å². The fraction of sp³-hybridized carbons (Fsp3) is 0.667. The number of rotatable bonds is 4. The average molecular weight is 200 g/mol. The van der Waals surface area contributed by atoms with Gasteiger partial charge in [-0.05, 0) is 19.6 Å². The number of carboxylic acid groups (broad SMARTS) is 1. The standard InChI is InChI=1S/C6H12O4Si.Na.H/c1-11(2,3)10-4-5(7)6(8)9;;/h4H2,1-3H3,(H,8,9);;. The number of carbonyl (C=O) groups is 2. The van der Waals surface area contributed by atoms with Crippen molar-refractivity contribution in [1.82, 2.24) is 0 Å². The molecule has 4 nitrogen and oxygen atoms in total. The molecule has 0 unspecified atom stereocenters. The van der Waals surface area contributed by atoms with Gasteiger partial charge in [0.1, 0.15) is 6.61 Å².